The molecule has 3 heterocycles. The van der Waals surface area contributed by atoms with Crippen molar-refractivity contribution >= 4 is 17.7 Å². The summed E-state index contributed by atoms with van der Waals surface area (Å²) in [5.74, 6) is 2.99. The number of hydrogen-bond donors (Lipinski definition) is 0. The van der Waals surface area contributed by atoms with Gasteiger partial charge in [-0.3, -0.25) is 4.79 Å². The van der Waals surface area contributed by atoms with Gasteiger partial charge in [0.25, 0.3) is 0 Å². The van der Waals surface area contributed by atoms with Gasteiger partial charge in [0.05, 0.1) is 5.75 Å². The number of piperidine rings is 1. The van der Waals surface area contributed by atoms with Crippen LogP contribution in [0.15, 0.2) is 23.4 Å². The van der Waals surface area contributed by atoms with Crippen LogP contribution in [-0.4, -0.2) is 50.7 Å². The summed E-state index contributed by atoms with van der Waals surface area (Å²) in [6.45, 7) is 3.27. The monoisotopic (exact) mass is 388 g/mol. The molecule has 0 N–H and O–H groups in total. The summed E-state index contributed by atoms with van der Waals surface area (Å²) in [5, 5.41) is 9.34. The largest absolute Gasteiger partial charge is 0.454 e. The lowest BCUT2D eigenvalue weighted by Gasteiger charge is -2.33. The van der Waals surface area contributed by atoms with E-state index in [9.17, 15) is 4.79 Å². The van der Waals surface area contributed by atoms with E-state index in [1.165, 1.54) is 18.2 Å². The number of likely N-dealkylation sites (tertiary alicyclic amines) is 1. The highest BCUT2D eigenvalue weighted by molar-refractivity contribution is 7.99. The first-order chi connectivity index (χ1) is 13.1. The lowest BCUT2D eigenvalue weighted by Crippen LogP contribution is -2.42. The van der Waals surface area contributed by atoms with Crippen LogP contribution in [0, 0.1) is 0 Å². The maximum atomic E-state index is 12.5. The first-order valence-electron chi connectivity index (χ1n) is 9.31. The summed E-state index contributed by atoms with van der Waals surface area (Å²) in [7, 11) is 1.94. The smallest absolute Gasteiger partial charge is 0.233 e. The molecule has 0 radical (unpaired) electrons. The second-order valence-corrected chi connectivity index (χ2v) is 7.99. The minimum absolute atomic E-state index is 0.188. The highest BCUT2D eigenvalue weighted by Crippen LogP contribution is 2.33. The first kappa shape index (κ1) is 18.2. The van der Waals surface area contributed by atoms with E-state index in [4.69, 9.17) is 9.47 Å². The van der Waals surface area contributed by atoms with Crippen LogP contribution in [0.4, 0.5) is 0 Å². The topological polar surface area (TPSA) is 69.5 Å². The van der Waals surface area contributed by atoms with E-state index in [1.807, 2.05) is 34.7 Å². The minimum atomic E-state index is 0.188. The standard InChI is InChI=1S/C19H24N4O3S/c1-13-5-3-4-8-23(13)18(24)11-27-19-21-20-17(22(19)2)10-14-6-7-15-16(9-14)26-12-25-15/h6-7,9,13H,3-5,8,10-12H2,1-2H3. The SMILES string of the molecule is CC1CCCCN1C(=O)CSc1nnc(Cc2ccc3c(c2)OCO3)n1C. The predicted molar refractivity (Wildman–Crippen MR) is 102 cm³/mol. The van der Waals surface area contributed by atoms with Crippen molar-refractivity contribution < 1.29 is 14.3 Å². The number of amides is 1. The van der Waals surface area contributed by atoms with Crippen molar-refractivity contribution in [2.75, 3.05) is 19.1 Å². The molecule has 2 aliphatic heterocycles. The van der Waals surface area contributed by atoms with Crippen LogP contribution < -0.4 is 9.47 Å². The van der Waals surface area contributed by atoms with Crippen molar-refractivity contribution in [2.24, 2.45) is 7.05 Å². The van der Waals surface area contributed by atoms with Gasteiger partial charge in [-0.05, 0) is 43.9 Å². The summed E-state index contributed by atoms with van der Waals surface area (Å²) < 4.78 is 12.7. The molecule has 2 aliphatic rings. The fourth-order valence-corrected chi connectivity index (χ4v) is 4.35. The van der Waals surface area contributed by atoms with Crippen LogP contribution in [0.2, 0.25) is 0 Å². The number of nitrogens with zero attached hydrogens (tertiary/aromatic N) is 4. The summed E-state index contributed by atoms with van der Waals surface area (Å²) >= 11 is 1.46. The summed E-state index contributed by atoms with van der Waals surface area (Å²) in [6.07, 6.45) is 4.06. The van der Waals surface area contributed by atoms with Crippen LogP contribution in [0.1, 0.15) is 37.6 Å². The normalized spacial score (nSPS) is 18.7. The van der Waals surface area contributed by atoms with Gasteiger partial charge in [0.15, 0.2) is 16.7 Å². The third-order valence-electron chi connectivity index (χ3n) is 5.17. The summed E-state index contributed by atoms with van der Waals surface area (Å²) in [4.78, 5) is 14.5. The van der Waals surface area contributed by atoms with Crippen molar-refractivity contribution in [3.8, 4) is 11.5 Å². The molecule has 1 aromatic heterocycles. The van der Waals surface area contributed by atoms with E-state index < -0.39 is 0 Å². The van der Waals surface area contributed by atoms with Gasteiger partial charge >= 0.3 is 0 Å². The molecule has 144 valence electrons. The lowest BCUT2D eigenvalue weighted by molar-refractivity contribution is -0.131. The van der Waals surface area contributed by atoms with E-state index in [0.29, 0.717) is 18.2 Å². The first-order valence-corrected chi connectivity index (χ1v) is 10.3. The van der Waals surface area contributed by atoms with Crippen molar-refractivity contribution in [1.29, 1.82) is 0 Å². The Labute approximate surface area is 163 Å². The summed E-state index contributed by atoms with van der Waals surface area (Å²) in [6, 6.07) is 6.25. The Morgan fingerprint density at radius 3 is 2.96 bits per heavy atom. The number of benzene rings is 1. The molecule has 1 unspecified atom stereocenters. The second-order valence-electron chi connectivity index (χ2n) is 7.04. The number of rotatable bonds is 5. The molecule has 0 bridgehead atoms. The summed E-state index contributed by atoms with van der Waals surface area (Å²) in [5.41, 5.74) is 1.09. The van der Waals surface area contributed by atoms with E-state index in [1.54, 1.807) is 0 Å². The van der Waals surface area contributed by atoms with E-state index in [-0.39, 0.29) is 12.7 Å². The molecule has 0 aliphatic carbocycles. The van der Waals surface area contributed by atoms with Crippen LogP contribution in [-0.2, 0) is 18.3 Å². The molecule has 0 saturated carbocycles. The Kier molecular flexibility index (Phi) is 5.24. The number of fused-ring (bicyclic) bond motifs is 1. The Bertz CT molecular complexity index is 838. The fourth-order valence-electron chi connectivity index (χ4n) is 3.54. The van der Waals surface area contributed by atoms with E-state index >= 15 is 0 Å². The van der Waals surface area contributed by atoms with Crippen molar-refractivity contribution in [3.05, 3.63) is 29.6 Å². The number of carbonyl (C=O) groups excluding carboxylic acids is 1. The van der Waals surface area contributed by atoms with Crippen molar-refractivity contribution in [1.82, 2.24) is 19.7 Å². The van der Waals surface area contributed by atoms with Crippen LogP contribution in [0.25, 0.3) is 0 Å². The second kappa shape index (κ2) is 7.80. The Morgan fingerprint density at radius 2 is 2.11 bits per heavy atom. The highest BCUT2D eigenvalue weighted by Gasteiger charge is 2.23. The number of thioether (sulfide) groups is 1. The predicted octanol–water partition coefficient (Wildman–Crippen LogP) is 2.63. The maximum absolute atomic E-state index is 12.5. The third-order valence-corrected chi connectivity index (χ3v) is 6.18. The molecule has 7 nitrogen and oxygen atoms in total. The van der Waals surface area contributed by atoms with Gasteiger partial charge in [-0.25, -0.2) is 0 Å². The Hall–Kier alpha value is -2.22. The average molecular weight is 388 g/mol. The molecule has 4 rings (SSSR count). The molecule has 1 aromatic carbocycles. The van der Waals surface area contributed by atoms with Crippen molar-refractivity contribution in [2.45, 2.75) is 43.8 Å². The van der Waals surface area contributed by atoms with Crippen LogP contribution in [0.5, 0.6) is 11.5 Å². The van der Waals surface area contributed by atoms with Gasteiger partial charge in [-0.15, -0.1) is 10.2 Å². The Balaban J connectivity index is 1.38. The van der Waals surface area contributed by atoms with E-state index in [2.05, 4.69) is 17.1 Å². The molecule has 0 spiro atoms. The molecule has 1 fully saturated rings. The third kappa shape index (κ3) is 3.90. The fraction of sp³-hybridized carbons (Fsp3) is 0.526. The highest BCUT2D eigenvalue weighted by atomic mass is 32.2. The number of aromatic nitrogens is 3. The van der Waals surface area contributed by atoms with Gasteiger partial charge < -0.3 is 18.9 Å². The van der Waals surface area contributed by atoms with Gasteiger partial charge in [0, 0.05) is 26.1 Å². The number of carbonyl (C=O) groups is 1. The minimum Gasteiger partial charge on any atom is -0.454 e. The van der Waals surface area contributed by atoms with Crippen molar-refractivity contribution in [3.63, 3.8) is 0 Å². The molecular formula is C19H24N4O3S. The van der Waals surface area contributed by atoms with Gasteiger partial charge in [0.1, 0.15) is 5.82 Å². The zero-order valence-electron chi connectivity index (χ0n) is 15.7. The van der Waals surface area contributed by atoms with Gasteiger partial charge in [-0.2, -0.15) is 0 Å². The van der Waals surface area contributed by atoms with Gasteiger partial charge in [-0.1, -0.05) is 17.8 Å². The van der Waals surface area contributed by atoms with Crippen LogP contribution >= 0.6 is 11.8 Å². The average Bonchev–Trinajstić information content (AvgIpc) is 3.27. The molecule has 27 heavy (non-hydrogen) atoms. The Morgan fingerprint density at radius 1 is 1.26 bits per heavy atom. The zero-order valence-corrected chi connectivity index (χ0v) is 16.5. The molecule has 1 amide bonds. The zero-order chi connectivity index (χ0) is 18.8. The van der Waals surface area contributed by atoms with Gasteiger partial charge in [0.2, 0.25) is 12.7 Å². The molecule has 8 heteroatoms. The maximum Gasteiger partial charge on any atom is 0.233 e. The molecule has 1 atom stereocenters. The number of hydrogen-bond acceptors (Lipinski definition) is 6. The molecular weight excluding hydrogens is 364 g/mol. The van der Waals surface area contributed by atoms with E-state index in [0.717, 1.165) is 47.4 Å². The molecule has 1 saturated heterocycles. The molecule has 2 aromatic rings. The van der Waals surface area contributed by atoms with Crippen LogP contribution in [0.3, 0.4) is 0 Å². The number of ether oxygens (including phenoxy) is 2. The quantitative estimate of drug-likeness (QED) is 0.734. The lowest BCUT2D eigenvalue weighted by atomic mass is 10.0.